The molecule has 0 radical (unpaired) electrons. The zero-order valence-corrected chi connectivity index (χ0v) is 14.1. The highest BCUT2D eigenvalue weighted by Crippen LogP contribution is 2.29. The van der Waals surface area contributed by atoms with Crippen molar-refractivity contribution >= 4 is 23.1 Å². The third-order valence-corrected chi connectivity index (χ3v) is 4.43. The lowest BCUT2D eigenvalue weighted by Crippen LogP contribution is -2.40. The second-order valence-corrected chi connectivity index (χ2v) is 6.07. The number of urea groups is 1. The highest BCUT2D eigenvalue weighted by atomic mass is 32.1. The number of carbonyl (C=O) groups is 1. The Bertz CT molecular complexity index is 656. The van der Waals surface area contributed by atoms with Crippen LogP contribution in [0.25, 0.3) is 0 Å². The van der Waals surface area contributed by atoms with Crippen LogP contribution in [0.5, 0.6) is 11.5 Å². The molecule has 6 nitrogen and oxygen atoms in total. The minimum atomic E-state index is -1.12. The van der Waals surface area contributed by atoms with Crippen molar-refractivity contribution in [2.24, 2.45) is 0 Å². The molecule has 0 unspecified atom stereocenters. The van der Waals surface area contributed by atoms with Gasteiger partial charge in [0.2, 0.25) is 0 Å². The van der Waals surface area contributed by atoms with Gasteiger partial charge >= 0.3 is 6.03 Å². The topological polar surface area (TPSA) is 79.8 Å². The zero-order chi connectivity index (χ0) is 16.9. The van der Waals surface area contributed by atoms with E-state index in [1.54, 1.807) is 32.2 Å². The zero-order valence-electron chi connectivity index (χ0n) is 13.3. The standard InChI is InChI=1S/C16H20N2O4S/c1-16(20,14-5-4-8-23-14)10-17-15(19)18-12-7-6-11(21-2)9-13(12)22-3/h4-9,20H,10H2,1-3H3,(H2,17,18,19)/t16-/m1/s1. The molecule has 0 aliphatic rings. The lowest BCUT2D eigenvalue weighted by atomic mass is 10.1. The van der Waals surface area contributed by atoms with Gasteiger partial charge in [-0.05, 0) is 30.5 Å². The van der Waals surface area contributed by atoms with Crippen LogP contribution < -0.4 is 20.1 Å². The van der Waals surface area contributed by atoms with Gasteiger partial charge in [-0.3, -0.25) is 0 Å². The number of hydrogen-bond donors (Lipinski definition) is 3. The highest BCUT2D eigenvalue weighted by molar-refractivity contribution is 7.10. The molecule has 0 fully saturated rings. The number of carbonyl (C=O) groups excluding carboxylic acids is 1. The Hall–Kier alpha value is -2.25. The Labute approximate surface area is 139 Å². The molecule has 1 atom stereocenters. The summed E-state index contributed by atoms with van der Waals surface area (Å²) >= 11 is 1.44. The molecule has 124 valence electrons. The van der Waals surface area contributed by atoms with Crippen LogP contribution in [0.3, 0.4) is 0 Å². The van der Waals surface area contributed by atoms with Crippen molar-refractivity contribution in [2.75, 3.05) is 26.1 Å². The molecule has 3 N–H and O–H groups in total. The van der Waals surface area contributed by atoms with Crippen LogP contribution >= 0.6 is 11.3 Å². The smallest absolute Gasteiger partial charge is 0.319 e. The van der Waals surface area contributed by atoms with E-state index in [9.17, 15) is 9.90 Å². The Morgan fingerprint density at radius 2 is 2.09 bits per heavy atom. The molecule has 2 aromatic rings. The third-order valence-electron chi connectivity index (χ3n) is 3.30. The fourth-order valence-corrected chi connectivity index (χ4v) is 2.78. The summed E-state index contributed by atoms with van der Waals surface area (Å²) in [5, 5.41) is 17.6. The van der Waals surface area contributed by atoms with Gasteiger partial charge in [0, 0.05) is 10.9 Å². The molecule has 23 heavy (non-hydrogen) atoms. The van der Waals surface area contributed by atoms with Crippen molar-refractivity contribution in [1.29, 1.82) is 0 Å². The van der Waals surface area contributed by atoms with Crippen LogP contribution in [0, 0.1) is 0 Å². The monoisotopic (exact) mass is 336 g/mol. The molecular weight excluding hydrogens is 316 g/mol. The quantitative estimate of drug-likeness (QED) is 0.758. The van der Waals surface area contributed by atoms with Crippen molar-refractivity contribution in [3.63, 3.8) is 0 Å². The van der Waals surface area contributed by atoms with Gasteiger partial charge in [0.05, 0.1) is 26.5 Å². The Morgan fingerprint density at radius 1 is 1.30 bits per heavy atom. The maximum absolute atomic E-state index is 12.0. The minimum absolute atomic E-state index is 0.0951. The van der Waals surface area contributed by atoms with Crippen molar-refractivity contribution in [3.8, 4) is 11.5 Å². The van der Waals surface area contributed by atoms with E-state index in [2.05, 4.69) is 10.6 Å². The van der Waals surface area contributed by atoms with E-state index in [0.29, 0.717) is 17.2 Å². The largest absolute Gasteiger partial charge is 0.497 e. The highest BCUT2D eigenvalue weighted by Gasteiger charge is 2.25. The number of thiophene rings is 1. The fraction of sp³-hybridized carbons (Fsp3) is 0.312. The number of methoxy groups -OCH3 is 2. The van der Waals surface area contributed by atoms with Crippen molar-refractivity contribution < 1.29 is 19.4 Å². The summed E-state index contributed by atoms with van der Waals surface area (Å²) in [5.41, 5.74) is -0.600. The Balaban J connectivity index is 1.97. The fourth-order valence-electron chi connectivity index (χ4n) is 1.99. The molecule has 0 aliphatic carbocycles. The van der Waals surface area contributed by atoms with E-state index in [1.165, 1.54) is 18.4 Å². The van der Waals surface area contributed by atoms with Gasteiger partial charge in [-0.15, -0.1) is 11.3 Å². The summed E-state index contributed by atoms with van der Waals surface area (Å²) in [6, 6.07) is 8.35. The number of anilines is 1. The number of amides is 2. The average molecular weight is 336 g/mol. The van der Waals surface area contributed by atoms with Crippen LogP contribution in [-0.4, -0.2) is 31.9 Å². The van der Waals surface area contributed by atoms with E-state index < -0.39 is 11.6 Å². The first-order valence-electron chi connectivity index (χ1n) is 6.99. The van der Waals surface area contributed by atoms with Gasteiger partial charge in [-0.2, -0.15) is 0 Å². The van der Waals surface area contributed by atoms with E-state index in [4.69, 9.17) is 9.47 Å². The predicted molar refractivity (Wildman–Crippen MR) is 90.5 cm³/mol. The Kier molecular flexibility index (Phi) is 5.46. The molecule has 2 amide bonds. The molecule has 0 saturated heterocycles. The molecule has 2 rings (SSSR count). The summed E-state index contributed by atoms with van der Waals surface area (Å²) in [6.07, 6.45) is 0. The first kappa shape index (κ1) is 17.1. The van der Waals surface area contributed by atoms with Crippen LogP contribution in [0.4, 0.5) is 10.5 Å². The number of rotatable bonds is 6. The number of benzene rings is 1. The summed E-state index contributed by atoms with van der Waals surface area (Å²) in [4.78, 5) is 12.8. The van der Waals surface area contributed by atoms with E-state index >= 15 is 0 Å². The normalized spacial score (nSPS) is 13.0. The number of aliphatic hydroxyl groups is 1. The van der Waals surface area contributed by atoms with Crippen molar-refractivity contribution in [3.05, 3.63) is 40.6 Å². The molecule has 0 bridgehead atoms. The molecular formula is C16H20N2O4S. The first-order chi connectivity index (χ1) is 11.0. The SMILES string of the molecule is COc1ccc(NC(=O)NC[C@@](C)(O)c2cccs2)c(OC)c1. The lowest BCUT2D eigenvalue weighted by molar-refractivity contribution is 0.0637. The van der Waals surface area contributed by atoms with E-state index in [0.717, 1.165) is 4.88 Å². The second kappa shape index (κ2) is 7.34. The van der Waals surface area contributed by atoms with Gasteiger partial charge < -0.3 is 25.2 Å². The van der Waals surface area contributed by atoms with E-state index in [1.807, 2.05) is 17.5 Å². The summed E-state index contributed by atoms with van der Waals surface area (Å²) < 4.78 is 10.3. The van der Waals surface area contributed by atoms with Gasteiger partial charge in [-0.1, -0.05) is 6.07 Å². The van der Waals surface area contributed by atoms with Gasteiger partial charge in [0.1, 0.15) is 17.1 Å². The number of ether oxygens (including phenoxy) is 2. The average Bonchev–Trinajstić information content (AvgIpc) is 3.09. The van der Waals surface area contributed by atoms with Gasteiger partial charge in [0.25, 0.3) is 0 Å². The molecule has 7 heteroatoms. The predicted octanol–water partition coefficient (Wildman–Crippen LogP) is 2.79. The maximum Gasteiger partial charge on any atom is 0.319 e. The van der Waals surface area contributed by atoms with Crippen molar-refractivity contribution in [1.82, 2.24) is 5.32 Å². The van der Waals surface area contributed by atoms with Crippen LogP contribution in [-0.2, 0) is 5.60 Å². The molecule has 1 aromatic heterocycles. The van der Waals surface area contributed by atoms with Gasteiger partial charge in [-0.25, -0.2) is 4.79 Å². The maximum atomic E-state index is 12.0. The lowest BCUT2D eigenvalue weighted by Gasteiger charge is -2.22. The van der Waals surface area contributed by atoms with E-state index in [-0.39, 0.29) is 6.54 Å². The minimum Gasteiger partial charge on any atom is -0.497 e. The molecule has 0 saturated carbocycles. The number of hydrogen-bond acceptors (Lipinski definition) is 5. The molecule has 1 aromatic carbocycles. The third kappa shape index (κ3) is 4.37. The molecule has 0 spiro atoms. The van der Waals surface area contributed by atoms with Gasteiger partial charge in [0.15, 0.2) is 0 Å². The summed E-state index contributed by atoms with van der Waals surface area (Å²) in [7, 11) is 3.07. The van der Waals surface area contributed by atoms with Crippen molar-refractivity contribution in [2.45, 2.75) is 12.5 Å². The van der Waals surface area contributed by atoms with Crippen LogP contribution in [0.2, 0.25) is 0 Å². The molecule has 0 aliphatic heterocycles. The Morgan fingerprint density at radius 3 is 2.70 bits per heavy atom. The first-order valence-corrected chi connectivity index (χ1v) is 7.87. The molecule has 1 heterocycles. The summed E-state index contributed by atoms with van der Waals surface area (Å²) in [5.74, 6) is 1.12. The summed E-state index contributed by atoms with van der Waals surface area (Å²) in [6.45, 7) is 1.75. The number of nitrogens with one attached hydrogen (secondary N) is 2. The second-order valence-electron chi connectivity index (χ2n) is 5.13. The van der Waals surface area contributed by atoms with Crippen LogP contribution in [0.15, 0.2) is 35.7 Å². The van der Waals surface area contributed by atoms with Crippen LogP contribution in [0.1, 0.15) is 11.8 Å².